The summed E-state index contributed by atoms with van der Waals surface area (Å²) in [6, 6.07) is 9.23. The summed E-state index contributed by atoms with van der Waals surface area (Å²) in [7, 11) is 0. The van der Waals surface area contributed by atoms with E-state index >= 15 is 0 Å². The van der Waals surface area contributed by atoms with Gasteiger partial charge in [-0.25, -0.2) is 4.98 Å². The molecule has 0 spiro atoms. The molecular formula is C13H17N3O2. The van der Waals surface area contributed by atoms with Crippen LogP contribution in [0.15, 0.2) is 30.3 Å². The fourth-order valence-electron chi connectivity index (χ4n) is 1.58. The molecule has 0 amide bonds. The van der Waals surface area contributed by atoms with Crippen LogP contribution in [0.25, 0.3) is 10.9 Å². The first-order valence-corrected chi connectivity index (χ1v) is 5.74. The van der Waals surface area contributed by atoms with Gasteiger partial charge in [0.15, 0.2) is 0 Å². The lowest BCUT2D eigenvalue weighted by Crippen LogP contribution is -2.37. The van der Waals surface area contributed by atoms with Gasteiger partial charge >= 0.3 is 0 Å². The monoisotopic (exact) mass is 247 g/mol. The van der Waals surface area contributed by atoms with E-state index in [2.05, 4.69) is 10.3 Å². The van der Waals surface area contributed by atoms with E-state index in [0.717, 1.165) is 10.9 Å². The van der Waals surface area contributed by atoms with E-state index in [1.807, 2.05) is 24.3 Å². The number of fused-ring (bicyclic) bond motifs is 1. The maximum atomic E-state index is 9.68. The molecule has 0 saturated carbocycles. The average molecular weight is 247 g/mol. The predicted octanol–water partition coefficient (Wildman–Crippen LogP) is 0.972. The van der Waals surface area contributed by atoms with Gasteiger partial charge in [-0.3, -0.25) is 0 Å². The van der Waals surface area contributed by atoms with Crippen LogP contribution >= 0.6 is 0 Å². The third-order valence-electron chi connectivity index (χ3n) is 2.70. The molecule has 0 bridgehead atoms. The number of aromatic nitrogens is 1. The Morgan fingerprint density at radius 3 is 2.83 bits per heavy atom. The minimum atomic E-state index is -1.16. The summed E-state index contributed by atoms with van der Waals surface area (Å²) in [5, 5.41) is 22.6. The van der Waals surface area contributed by atoms with Gasteiger partial charge in [-0.05, 0) is 37.3 Å². The largest absolute Gasteiger partial charge is 0.399 e. The van der Waals surface area contributed by atoms with Crippen molar-refractivity contribution in [3.05, 3.63) is 30.3 Å². The second-order valence-electron chi connectivity index (χ2n) is 4.66. The lowest BCUT2D eigenvalue weighted by molar-refractivity contribution is 0.0132. The molecule has 5 heteroatoms. The Morgan fingerprint density at radius 2 is 2.11 bits per heavy atom. The Hall–Kier alpha value is -1.85. The van der Waals surface area contributed by atoms with Crippen molar-refractivity contribution in [3.8, 4) is 0 Å². The third kappa shape index (κ3) is 2.88. The summed E-state index contributed by atoms with van der Waals surface area (Å²) < 4.78 is 0. The molecule has 18 heavy (non-hydrogen) atoms. The van der Waals surface area contributed by atoms with Crippen LogP contribution in [0, 0.1) is 0 Å². The average Bonchev–Trinajstić information content (AvgIpc) is 2.36. The molecule has 0 saturated heterocycles. The summed E-state index contributed by atoms with van der Waals surface area (Å²) >= 11 is 0. The number of aliphatic hydroxyl groups is 2. The molecule has 0 fully saturated rings. The molecule has 5 nitrogen and oxygen atoms in total. The fourth-order valence-corrected chi connectivity index (χ4v) is 1.58. The van der Waals surface area contributed by atoms with Crippen molar-refractivity contribution in [2.45, 2.75) is 12.5 Å². The molecule has 1 aromatic carbocycles. The first-order valence-electron chi connectivity index (χ1n) is 5.74. The highest BCUT2D eigenvalue weighted by Gasteiger charge is 2.18. The quantitative estimate of drug-likeness (QED) is 0.604. The number of hydrogen-bond donors (Lipinski definition) is 4. The molecule has 5 N–H and O–H groups in total. The van der Waals surface area contributed by atoms with Gasteiger partial charge in [0.1, 0.15) is 11.4 Å². The number of nitrogens with one attached hydrogen (secondary N) is 1. The van der Waals surface area contributed by atoms with Crippen molar-refractivity contribution < 1.29 is 10.2 Å². The molecule has 1 aromatic heterocycles. The fraction of sp³-hybridized carbons (Fsp3) is 0.308. The molecule has 0 aliphatic heterocycles. The molecule has 0 aliphatic rings. The summed E-state index contributed by atoms with van der Waals surface area (Å²) in [5.74, 6) is 0.654. The molecule has 0 aliphatic carbocycles. The van der Waals surface area contributed by atoms with Crippen LogP contribution in [0.1, 0.15) is 6.92 Å². The first kappa shape index (κ1) is 12.6. The molecule has 0 radical (unpaired) electrons. The summed E-state index contributed by atoms with van der Waals surface area (Å²) in [6.07, 6.45) is 0. The number of hydrogen-bond acceptors (Lipinski definition) is 5. The van der Waals surface area contributed by atoms with Crippen LogP contribution < -0.4 is 11.1 Å². The smallest absolute Gasteiger partial charge is 0.126 e. The second kappa shape index (κ2) is 4.80. The zero-order valence-corrected chi connectivity index (χ0v) is 10.2. The SMILES string of the molecule is CC(O)(CO)CNc1ccc2cc(N)ccc2n1. The van der Waals surface area contributed by atoms with Crippen LogP contribution in [0.4, 0.5) is 11.5 Å². The molecule has 96 valence electrons. The Balaban J connectivity index is 2.18. The number of aliphatic hydroxyl groups excluding tert-OH is 1. The van der Waals surface area contributed by atoms with Gasteiger partial charge in [-0.15, -0.1) is 0 Å². The highest BCUT2D eigenvalue weighted by Crippen LogP contribution is 2.18. The number of anilines is 2. The van der Waals surface area contributed by atoms with E-state index in [1.165, 1.54) is 0 Å². The Kier molecular flexibility index (Phi) is 3.36. The van der Waals surface area contributed by atoms with Gasteiger partial charge < -0.3 is 21.3 Å². The number of benzene rings is 1. The van der Waals surface area contributed by atoms with Crippen molar-refractivity contribution >= 4 is 22.4 Å². The van der Waals surface area contributed by atoms with Crippen molar-refractivity contribution in [3.63, 3.8) is 0 Å². The molecule has 2 rings (SSSR count). The normalized spacial score (nSPS) is 14.4. The summed E-state index contributed by atoms with van der Waals surface area (Å²) in [5.41, 5.74) is 6.07. The van der Waals surface area contributed by atoms with Gasteiger partial charge in [-0.1, -0.05) is 0 Å². The van der Waals surface area contributed by atoms with E-state index in [-0.39, 0.29) is 13.2 Å². The number of pyridine rings is 1. The highest BCUT2D eigenvalue weighted by molar-refractivity contribution is 5.83. The lowest BCUT2D eigenvalue weighted by Gasteiger charge is -2.20. The van der Waals surface area contributed by atoms with Gasteiger partial charge in [0.25, 0.3) is 0 Å². The second-order valence-corrected chi connectivity index (χ2v) is 4.66. The number of nitrogen functional groups attached to an aromatic ring is 1. The first-order chi connectivity index (χ1) is 8.50. The standard InChI is InChI=1S/C13H17N3O2/c1-13(18,8-17)7-15-12-5-2-9-6-10(14)3-4-11(9)16-12/h2-6,17-18H,7-8,14H2,1H3,(H,15,16). The number of rotatable bonds is 4. The van der Waals surface area contributed by atoms with E-state index in [1.54, 1.807) is 13.0 Å². The lowest BCUT2D eigenvalue weighted by atomic mass is 10.1. The number of nitrogens with zero attached hydrogens (tertiary/aromatic N) is 1. The van der Waals surface area contributed by atoms with Crippen LogP contribution in [0.3, 0.4) is 0 Å². The van der Waals surface area contributed by atoms with Crippen LogP contribution in [-0.2, 0) is 0 Å². The van der Waals surface area contributed by atoms with E-state index in [4.69, 9.17) is 10.8 Å². The third-order valence-corrected chi connectivity index (χ3v) is 2.70. The topological polar surface area (TPSA) is 91.4 Å². The minimum absolute atomic E-state index is 0.233. The van der Waals surface area contributed by atoms with Crippen LogP contribution in [0.5, 0.6) is 0 Å². The number of nitrogens with two attached hydrogens (primary N) is 1. The van der Waals surface area contributed by atoms with Crippen molar-refractivity contribution in [1.29, 1.82) is 0 Å². The Bertz CT molecular complexity index is 555. The van der Waals surface area contributed by atoms with Gasteiger partial charge in [0.2, 0.25) is 0 Å². The van der Waals surface area contributed by atoms with Crippen LogP contribution in [-0.4, -0.2) is 33.9 Å². The highest BCUT2D eigenvalue weighted by atomic mass is 16.3. The molecule has 1 atom stereocenters. The summed E-state index contributed by atoms with van der Waals surface area (Å²) in [6.45, 7) is 1.49. The Morgan fingerprint density at radius 1 is 1.33 bits per heavy atom. The molecule has 1 heterocycles. The Labute approximate surface area is 105 Å². The maximum absolute atomic E-state index is 9.68. The zero-order chi connectivity index (χ0) is 13.2. The van der Waals surface area contributed by atoms with E-state index in [0.29, 0.717) is 11.5 Å². The van der Waals surface area contributed by atoms with Gasteiger partial charge in [0, 0.05) is 17.6 Å². The van der Waals surface area contributed by atoms with Gasteiger partial charge in [0.05, 0.1) is 12.1 Å². The molecular weight excluding hydrogens is 230 g/mol. The molecule has 2 aromatic rings. The predicted molar refractivity (Wildman–Crippen MR) is 72.4 cm³/mol. The minimum Gasteiger partial charge on any atom is -0.399 e. The van der Waals surface area contributed by atoms with Crippen molar-refractivity contribution in [2.24, 2.45) is 0 Å². The van der Waals surface area contributed by atoms with E-state index in [9.17, 15) is 5.11 Å². The summed E-state index contributed by atoms with van der Waals surface area (Å²) in [4.78, 5) is 4.39. The molecule has 1 unspecified atom stereocenters. The maximum Gasteiger partial charge on any atom is 0.126 e. The van der Waals surface area contributed by atoms with Crippen molar-refractivity contribution in [1.82, 2.24) is 4.98 Å². The van der Waals surface area contributed by atoms with Gasteiger partial charge in [-0.2, -0.15) is 0 Å². The van der Waals surface area contributed by atoms with E-state index < -0.39 is 5.60 Å². The van der Waals surface area contributed by atoms with Crippen LogP contribution in [0.2, 0.25) is 0 Å². The zero-order valence-electron chi connectivity index (χ0n) is 10.2. The van der Waals surface area contributed by atoms with Crippen molar-refractivity contribution in [2.75, 3.05) is 24.2 Å².